The van der Waals surface area contributed by atoms with E-state index in [-0.39, 0.29) is 11.9 Å². The minimum atomic E-state index is -0.208. The summed E-state index contributed by atoms with van der Waals surface area (Å²) in [6.07, 6.45) is 1.62. The van der Waals surface area contributed by atoms with Crippen LogP contribution < -0.4 is 5.73 Å². The Balaban J connectivity index is 2.18. The van der Waals surface area contributed by atoms with Gasteiger partial charge < -0.3 is 15.2 Å². The zero-order valence-corrected chi connectivity index (χ0v) is 8.08. The molecule has 0 spiro atoms. The molecule has 2 atom stereocenters. The van der Waals surface area contributed by atoms with Crippen molar-refractivity contribution in [3.8, 4) is 0 Å². The van der Waals surface area contributed by atoms with E-state index in [2.05, 4.69) is 0 Å². The highest BCUT2D eigenvalue weighted by Crippen LogP contribution is 2.13. The first kappa shape index (κ1) is 10.5. The Morgan fingerprint density at radius 1 is 1.77 bits per heavy atom. The summed E-state index contributed by atoms with van der Waals surface area (Å²) in [5, 5.41) is 7.25. The third-order valence-electron chi connectivity index (χ3n) is 2.27. The molecule has 0 aromatic rings. The molecule has 0 aromatic heterocycles. The summed E-state index contributed by atoms with van der Waals surface area (Å²) in [6.45, 7) is 4.26. The molecule has 1 fully saturated rings. The molecule has 0 aliphatic carbocycles. The van der Waals surface area contributed by atoms with E-state index in [0.717, 1.165) is 26.1 Å². The van der Waals surface area contributed by atoms with Crippen LogP contribution in [-0.4, -0.2) is 31.8 Å². The van der Waals surface area contributed by atoms with Gasteiger partial charge >= 0.3 is 0 Å². The smallest absolute Gasteiger partial charge is 0.120 e. The lowest BCUT2D eigenvalue weighted by molar-refractivity contribution is 0.0594. The largest absolute Gasteiger partial charge is 0.385 e. The molecular formula is C9H18N2O2. The summed E-state index contributed by atoms with van der Waals surface area (Å²) >= 11 is 0. The van der Waals surface area contributed by atoms with Gasteiger partial charge in [-0.3, -0.25) is 5.41 Å². The predicted molar refractivity (Wildman–Crippen MR) is 50.9 cm³/mol. The van der Waals surface area contributed by atoms with Crippen molar-refractivity contribution in [2.45, 2.75) is 25.9 Å². The molecule has 1 heterocycles. The van der Waals surface area contributed by atoms with Gasteiger partial charge in [0.25, 0.3) is 0 Å². The van der Waals surface area contributed by atoms with Crippen molar-refractivity contribution in [3.63, 3.8) is 0 Å². The SMILES string of the molecule is CCC(OCC1CCOC1)C(=N)N. The lowest BCUT2D eigenvalue weighted by atomic mass is 10.1. The summed E-state index contributed by atoms with van der Waals surface area (Å²) < 4.78 is 10.7. The fourth-order valence-corrected chi connectivity index (χ4v) is 1.39. The number of rotatable bonds is 5. The van der Waals surface area contributed by atoms with Crippen molar-refractivity contribution in [2.24, 2.45) is 11.7 Å². The molecule has 3 N–H and O–H groups in total. The molecule has 1 rings (SSSR count). The molecule has 1 aliphatic rings. The van der Waals surface area contributed by atoms with Crippen LogP contribution in [0.15, 0.2) is 0 Å². The van der Waals surface area contributed by atoms with Crippen LogP contribution in [0.5, 0.6) is 0 Å². The van der Waals surface area contributed by atoms with Gasteiger partial charge in [-0.05, 0) is 12.8 Å². The van der Waals surface area contributed by atoms with Gasteiger partial charge in [0.2, 0.25) is 0 Å². The van der Waals surface area contributed by atoms with Gasteiger partial charge in [-0.2, -0.15) is 0 Å². The molecule has 13 heavy (non-hydrogen) atoms. The molecule has 76 valence electrons. The van der Waals surface area contributed by atoms with Gasteiger partial charge in [0.05, 0.1) is 13.2 Å². The maximum absolute atomic E-state index is 7.25. The van der Waals surface area contributed by atoms with Gasteiger partial charge in [0.15, 0.2) is 0 Å². The number of ether oxygens (including phenoxy) is 2. The fraction of sp³-hybridized carbons (Fsp3) is 0.889. The van der Waals surface area contributed by atoms with Crippen molar-refractivity contribution in [2.75, 3.05) is 19.8 Å². The average molecular weight is 186 g/mol. The fourth-order valence-electron chi connectivity index (χ4n) is 1.39. The Kier molecular flexibility index (Phi) is 4.18. The molecule has 1 aliphatic heterocycles. The van der Waals surface area contributed by atoms with E-state index < -0.39 is 0 Å². The van der Waals surface area contributed by atoms with E-state index in [1.165, 1.54) is 0 Å². The second-order valence-electron chi connectivity index (χ2n) is 3.42. The topological polar surface area (TPSA) is 68.3 Å². The Morgan fingerprint density at radius 3 is 3.00 bits per heavy atom. The number of nitrogens with two attached hydrogens (primary N) is 1. The lowest BCUT2D eigenvalue weighted by Crippen LogP contribution is -2.31. The molecule has 0 saturated carbocycles. The standard InChI is InChI=1S/C9H18N2O2/c1-2-8(9(10)11)13-6-7-3-4-12-5-7/h7-8H,2-6H2,1H3,(H3,10,11). The maximum atomic E-state index is 7.25. The Hall–Kier alpha value is -0.610. The van der Waals surface area contributed by atoms with Crippen LogP contribution in [0.25, 0.3) is 0 Å². The summed E-state index contributed by atoms with van der Waals surface area (Å²) in [5.74, 6) is 0.620. The van der Waals surface area contributed by atoms with E-state index >= 15 is 0 Å². The Labute approximate surface area is 78.9 Å². The van der Waals surface area contributed by atoms with Crippen molar-refractivity contribution < 1.29 is 9.47 Å². The summed E-state index contributed by atoms with van der Waals surface area (Å²) in [4.78, 5) is 0. The first-order valence-electron chi connectivity index (χ1n) is 4.77. The molecule has 4 heteroatoms. The minimum Gasteiger partial charge on any atom is -0.385 e. The van der Waals surface area contributed by atoms with Gasteiger partial charge in [0, 0.05) is 12.5 Å². The van der Waals surface area contributed by atoms with Gasteiger partial charge in [0.1, 0.15) is 11.9 Å². The highest BCUT2D eigenvalue weighted by atomic mass is 16.5. The van der Waals surface area contributed by atoms with Crippen molar-refractivity contribution >= 4 is 5.84 Å². The highest BCUT2D eigenvalue weighted by Gasteiger charge is 2.18. The van der Waals surface area contributed by atoms with E-state index in [9.17, 15) is 0 Å². The van der Waals surface area contributed by atoms with E-state index in [0.29, 0.717) is 12.5 Å². The molecule has 0 amide bonds. The van der Waals surface area contributed by atoms with Gasteiger partial charge in [-0.15, -0.1) is 0 Å². The normalized spacial score (nSPS) is 24.5. The van der Waals surface area contributed by atoms with Gasteiger partial charge in [-0.1, -0.05) is 6.92 Å². The molecule has 0 aromatic carbocycles. The number of hydrogen-bond acceptors (Lipinski definition) is 3. The van der Waals surface area contributed by atoms with Crippen LogP contribution in [0, 0.1) is 11.3 Å². The van der Waals surface area contributed by atoms with Crippen molar-refractivity contribution in [1.82, 2.24) is 0 Å². The third-order valence-corrected chi connectivity index (χ3v) is 2.27. The number of amidine groups is 1. The quantitative estimate of drug-likeness (QED) is 0.492. The monoisotopic (exact) mass is 186 g/mol. The first-order chi connectivity index (χ1) is 6.24. The molecular weight excluding hydrogens is 168 g/mol. The highest BCUT2D eigenvalue weighted by molar-refractivity contribution is 5.81. The average Bonchev–Trinajstić information content (AvgIpc) is 2.57. The molecule has 0 radical (unpaired) electrons. The lowest BCUT2D eigenvalue weighted by Gasteiger charge is -2.16. The van der Waals surface area contributed by atoms with Crippen LogP contribution in [-0.2, 0) is 9.47 Å². The summed E-state index contributed by atoms with van der Waals surface area (Å²) in [5.41, 5.74) is 5.36. The van der Waals surface area contributed by atoms with E-state index in [1.807, 2.05) is 6.92 Å². The molecule has 2 unspecified atom stereocenters. The Morgan fingerprint density at radius 2 is 2.54 bits per heavy atom. The summed E-state index contributed by atoms with van der Waals surface area (Å²) in [6, 6.07) is 0. The van der Waals surface area contributed by atoms with Crippen molar-refractivity contribution in [3.05, 3.63) is 0 Å². The van der Waals surface area contributed by atoms with Crippen LogP contribution in [0.3, 0.4) is 0 Å². The van der Waals surface area contributed by atoms with Crippen LogP contribution in [0.2, 0.25) is 0 Å². The second kappa shape index (κ2) is 5.19. The second-order valence-corrected chi connectivity index (χ2v) is 3.42. The first-order valence-corrected chi connectivity index (χ1v) is 4.77. The Bertz CT molecular complexity index is 167. The molecule has 1 saturated heterocycles. The van der Waals surface area contributed by atoms with Crippen LogP contribution >= 0.6 is 0 Å². The zero-order valence-electron chi connectivity index (χ0n) is 8.08. The minimum absolute atomic E-state index is 0.126. The third kappa shape index (κ3) is 3.32. The van der Waals surface area contributed by atoms with Crippen LogP contribution in [0.1, 0.15) is 19.8 Å². The molecule has 4 nitrogen and oxygen atoms in total. The number of nitrogens with one attached hydrogen (secondary N) is 1. The maximum Gasteiger partial charge on any atom is 0.120 e. The zero-order chi connectivity index (χ0) is 9.68. The summed E-state index contributed by atoms with van der Waals surface area (Å²) in [7, 11) is 0. The van der Waals surface area contributed by atoms with Crippen molar-refractivity contribution in [1.29, 1.82) is 5.41 Å². The number of hydrogen-bond donors (Lipinski definition) is 2. The molecule has 0 bridgehead atoms. The van der Waals surface area contributed by atoms with E-state index in [4.69, 9.17) is 20.6 Å². The predicted octanol–water partition coefficient (Wildman–Crippen LogP) is 0.754. The van der Waals surface area contributed by atoms with E-state index in [1.54, 1.807) is 0 Å². The van der Waals surface area contributed by atoms with Gasteiger partial charge in [-0.25, -0.2) is 0 Å². The van der Waals surface area contributed by atoms with Crippen LogP contribution in [0.4, 0.5) is 0 Å².